The summed E-state index contributed by atoms with van der Waals surface area (Å²) >= 11 is 0. The Hall–Kier alpha value is -1.42. The highest BCUT2D eigenvalue weighted by Gasteiger charge is 2.13. The molecular weight excluding hydrogens is 156 g/mol. The summed E-state index contributed by atoms with van der Waals surface area (Å²) in [5.74, 6) is -0.762. The molecule has 1 unspecified atom stereocenters. The predicted octanol–water partition coefficient (Wildman–Crippen LogP) is -0.0913. The van der Waals surface area contributed by atoms with E-state index in [1.54, 1.807) is 12.3 Å². The number of aliphatic hydroxyl groups excluding tert-OH is 1. The summed E-state index contributed by atoms with van der Waals surface area (Å²) in [6.07, 6.45) is 1.80. The summed E-state index contributed by atoms with van der Waals surface area (Å²) in [5, 5.41) is 9.21. The van der Waals surface area contributed by atoms with Crippen LogP contribution < -0.4 is 5.73 Å². The second-order valence-corrected chi connectivity index (χ2v) is 2.60. The molecule has 0 aliphatic rings. The SMILES string of the molecule is Cc1cncc(C(O)C(N)=O)c1. The van der Waals surface area contributed by atoms with Crippen LogP contribution in [0.4, 0.5) is 0 Å². The van der Waals surface area contributed by atoms with Gasteiger partial charge in [0.1, 0.15) is 0 Å². The topological polar surface area (TPSA) is 76.2 Å². The average molecular weight is 166 g/mol. The third-order valence-corrected chi connectivity index (χ3v) is 1.48. The predicted molar refractivity (Wildman–Crippen MR) is 43.1 cm³/mol. The number of pyridine rings is 1. The van der Waals surface area contributed by atoms with Crippen LogP contribution in [0.3, 0.4) is 0 Å². The lowest BCUT2D eigenvalue weighted by atomic mass is 10.1. The second-order valence-electron chi connectivity index (χ2n) is 2.60. The normalized spacial score (nSPS) is 12.5. The van der Waals surface area contributed by atoms with E-state index in [2.05, 4.69) is 4.98 Å². The highest BCUT2D eigenvalue weighted by molar-refractivity contribution is 5.79. The Balaban J connectivity index is 2.95. The molecule has 64 valence electrons. The number of nitrogens with two attached hydrogens (primary N) is 1. The molecule has 1 aromatic heterocycles. The van der Waals surface area contributed by atoms with E-state index >= 15 is 0 Å². The molecule has 1 aromatic rings. The van der Waals surface area contributed by atoms with Gasteiger partial charge in [-0.25, -0.2) is 0 Å². The third-order valence-electron chi connectivity index (χ3n) is 1.48. The van der Waals surface area contributed by atoms with Crippen LogP contribution in [0.2, 0.25) is 0 Å². The van der Waals surface area contributed by atoms with Crippen LogP contribution in [-0.2, 0) is 4.79 Å². The van der Waals surface area contributed by atoms with E-state index in [1.165, 1.54) is 6.20 Å². The lowest BCUT2D eigenvalue weighted by Gasteiger charge is -2.05. The number of carbonyl (C=O) groups excluding carboxylic acids is 1. The van der Waals surface area contributed by atoms with E-state index in [9.17, 15) is 9.90 Å². The first kappa shape index (κ1) is 8.67. The molecule has 1 heterocycles. The molecule has 4 heteroatoms. The highest BCUT2D eigenvalue weighted by Crippen LogP contribution is 2.11. The first-order valence-corrected chi connectivity index (χ1v) is 3.50. The Bertz CT molecular complexity index is 299. The summed E-state index contributed by atoms with van der Waals surface area (Å²) in [4.78, 5) is 14.4. The maximum atomic E-state index is 10.6. The largest absolute Gasteiger partial charge is 0.378 e. The second kappa shape index (κ2) is 3.32. The van der Waals surface area contributed by atoms with Crippen molar-refractivity contribution in [3.8, 4) is 0 Å². The lowest BCUT2D eigenvalue weighted by Crippen LogP contribution is -2.20. The van der Waals surface area contributed by atoms with Gasteiger partial charge in [-0.05, 0) is 18.6 Å². The quantitative estimate of drug-likeness (QED) is 0.644. The molecule has 0 bridgehead atoms. The lowest BCUT2D eigenvalue weighted by molar-refractivity contribution is -0.126. The number of aromatic nitrogens is 1. The molecule has 1 rings (SSSR count). The molecule has 0 aliphatic heterocycles. The fourth-order valence-corrected chi connectivity index (χ4v) is 0.892. The maximum absolute atomic E-state index is 10.6. The molecule has 0 saturated heterocycles. The molecule has 0 aromatic carbocycles. The molecule has 0 aliphatic carbocycles. The van der Waals surface area contributed by atoms with E-state index in [4.69, 9.17) is 5.73 Å². The van der Waals surface area contributed by atoms with Gasteiger partial charge >= 0.3 is 0 Å². The Morgan fingerprint density at radius 3 is 2.83 bits per heavy atom. The van der Waals surface area contributed by atoms with E-state index in [-0.39, 0.29) is 0 Å². The third kappa shape index (κ3) is 1.79. The molecular formula is C8H10N2O2. The van der Waals surface area contributed by atoms with Gasteiger partial charge in [-0.15, -0.1) is 0 Å². The summed E-state index contributed by atoms with van der Waals surface area (Å²) in [6, 6.07) is 1.67. The zero-order valence-electron chi connectivity index (χ0n) is 6.69. The summed E-state index contributed by atoms with van der Waals surface area (Å²) in [5.41, 5.74) is 6.22. The van der Waals surface area contributed by atoms with Crippen LogP contribution in [-0.4, -0.2) is 16.0 Å². The van der Waals surface area contributed by atoms with Crippen molar-refractivity contribution in [2.24, 2.45) is 5.73 Å². The zero-order chi connectivity index (χ0) is 9.14. The van der Waals surface area contributed by atoms with Crippen molar-refractivity contribution >= 4 is 5.91 Å². The highest BCUT2D eigenvalue weighted by atomic mass is 16.3. The van der Waals surface area contributed by atoms with Crippen LogP contribution in [0, 0.1) is 6.92 Å². The van der Waals surface area contributed by atoms with Crippen LogP contribution in [0.25, 0.3) is 0 Å². The van der Waals surface area contributed by atoms with Crippen molar-refractivity contribution in [2.75, 3.05) is 0 Å². The Labute approximate surface area is 70.0 Å². The number of carbonyl (C=O) groups is 1. The molecule has 12 heavy (non-hydrogen) atoms. The van der Waals surface area contributed by atoms with Gasteiger partial charge in [0.15, 0.2) is 6.10 Å². The van der Waals surface area contributed by atoms with E-state index in [1.807, 2.05) is 6.92 Å². The van der Waals surface area contributed by atoms with E-state index in [0.717, 1.165) is 5.56 Å². The van der Waals surface area contributed by atoms with Crippen molar-refractivity contribution in [3.05, 3.63) is 29.6 Å². The Morgan fingerprint density at radius 2 is 2.33 bits per heavy atom. The minimum absolute atomic E-state index is 0.433. The number of nitrogens with zero attached hydrogens (tertiary/aromatic N) is 1. The molecule has 1 amide bonds. The first-order valence-electron chi connectivity index (χ1n) is 3.50. The maximum Gasteiger partial charge on any atom is 0.250 e. The number of primary amides is 1. The van der Waals surface area contributed by atoms with Crippen molar-refractivity contribution in [1.82, 2.24) is 4.98 Å². The van der Waals surface area contributed by atoms with Crippen LogP contribution >= 0.6 is 0 Å². The zero-order valence-corrected chi connectivity index (χ0v) is 6.69. The summed E-state index contributed by atoms with van der Waals surface area (Å²) in [6.45, 7) is 1.82. The Morgan fingerprint density at radius 1 is 1.67 bits per heavy atom. The monoisotopic (exact) mass is 166 g/mol. The number of aliphatic hydroxyl groups is 1. The van der Waals surface area contributed by atoms with Crippen LogP contribution in [0.5, 0.6) is 0 Å². The van der Waals surface area contributed by atoms with Gasteiger partial charge < -0.3 is 10.8 Å². The number of amides is 1. The van der Waals surface area contributed by atoms with Gasteiger partial charge in [0.05, 0.1) is 0 Å². The summed E-state index contributed by atoms with van der Waals surface area (Å²) < 4.78 is 0. The molecule has 0 radical (unpaired) electrons. The molecule has 3 N–H and O–H groups in total. The van der Waals surface area contributed by atoms with Crippen molar-refractivity contribution in [3.63, 3.8) is 0 Å². The minimum atomic E-state index is -1.25. The fourth-order valence-electron chi connectivity index (χ4n) is 0.892. The molecule has 4 nitrogen and oxygen atoms in total. The summed E-state index contributed by atoms with van der Waals surface area (Å²) in [7, 11) is 0. The van der Waals surface area contributed by atoms with Crippen LogP contribution in [0.1, 0.15) is 17.2 Å². The molecule has 1 atom stereocenters. The minimum Gasteiger partial charge on any atom is -0.378 e. The van der Waals surface area contributed by atoms with Gasteiger partial charge in [-0.2, -0.15) is 0 Å². The van der Waals surface area contributed by atoms with E-state index in [0.29, 0.717) is 5.56 Å². The van der Waals surface area contributed by atoms with Gasteiger partial charge in [-0.3, -0.25) is 9.78 Å². The van der Waals surface area contributed by atoms with Crippen LogP contribution in [0.15, 0.2) is 18.5 Å². The number of hydrogen-bond acceptors (Lipinski definition) is 3. The van der Waals surface area contributed by atoms with Gasteiger partial charge in [0.25, 0.3) is 5.91 Å². The number of rotatable bonds is 2. The van der Waals surface area contributed by atoms with Crippen molar-refractivity contribution < 1.29 is 9.90 Å². The first-order chi connectivity index (χ1) is 5.61. The smallest absolute Gasteiger partial charge is 0.250 e. The van der Waals surface area contributed by atoms with Gasteiger partial charge in [0.2, 0.25) is 0 Å². The number of aryl methyl sites for hydroxylation is 1. The van der Waals surface area contributed by atoms with E-state index < -0.39 is 12.0 Å². The Kier molecular flexibility index (Phi) is 2.40. The molecule has 0 saturated carbocycles. The molecule has 0 spiro atoms. The van der Waals surface area contributed by atoms with Crippen molar-refractivity contribution in [1.29, 1.82) is 0 Å². The standard InChI is InChI=1S/C8H10N2O2/c1-5-2-6(4-10-3-5)7(11)8(9)12/h2-4,7,11H,1H3,(H2,9,12). The van der Waals surface area contributed by atoms with Gasteiger partial charge in [0, 0.05) is 18.0 Å². The molecule has 0 fully saturated rings. The van der Waals surface area contributed by atoms with Gasteiger partial charge in [-0.1, -0.05) is 0 Å². The number of hydrogen-bond donors (Lipinski definition) is 2. The van der Waals surface area contributed by atoms with Crippen molar-refractivity contribution in [2.45, 2.75) is 13.0 Å². The average Bonchev–Trinajstić information content (AvgIpc) is 2.03. The fraction of sp³-hybridized carbons (Fsp3) is 0.250.